The van der Waals surface area contributed by atoms with E-state index in [1.165, 1.54) is 0 Å². The molecule has 0 radical (unpaired) electrons. The fourth-order valence-electron chi connectivity index (χ4n) is 3.29. The Balaban J connectivity index is 1.79. The molecule has 1 aliphatic carbocycles. The Morgan fingerprint density at radius 1 is 1.47 bits per heavy atom. The van der Waals surface area contributed by atoms with E-state index in [1.54, 1.807) is 6.20 Å². The fraction of sp³-hybridized carbons (Fsp3) is 0.600. The Hall–Kier alpha value is -1.42. The van der Waals surface area contributed by atoms with Crippen molar-refractivity contribution >= 4 is 11.6 Å². The van der Waals surface area contributed by atoms with Gasteiger partial charge in [0.05, 0.1) is 23.4 Å². The highest BCUT2D eigenvalue weighted by molar-refractivity contribution is 5.96. The van der Waals surface area contributed by atoms with Crippen molar-refractivity contribution in [2.45, 2.75) is 45.6 Å². The van der Waals surface area contributed by atoms with Gasteiger partial charge in [0.25, 0.3) is 0 Å². The zero-order chi connectivity index (χ0) is 13.5. The van der Waals surface area contributed by atoms with Gasteiger partial charge in [0.1, 0.15) is 0 Å². The van der Waals surface area contributed by atoms with Gasteiger partial charge in [-0.1, -0.05) is 0 Å². The second kappa shape index (κ2) is 4.60. The molecule has 4 nitrogen and oxygen atoms in total. The molecule has 2 fully saturated rings. The zero-order valence-corrected chi connectivity index (χ0v) is 11.5. The predicted molar refractivity (Wildman–Crippen MR) is 73.0 cm³/mol. The minimum Gasteiger partial charge on any atom is -0.377 e. The molecule has 102 valence electrons. The molecule has 1 aromatic heterocycles. The number of aryl methyl sites for hydroxylation is 2. The lowest BCUT2D eigenvalue weighted by Crippen LogP contribution is -2.39. The maximum atomic E-state index is 12.6. The molecule has 19 heavy (non-hydrogen) atoms. The van der Waals surface area contributed by atoms with Crippen molar-refractivity contribution < 1.29 is 9.53 Å². The van der Waals surface area contributed by atoms with Crippen LogP contribution in [0.3, 0.4) is 0 Å². The lowest BCUT2D eigenvalue weighted by molar-refractivity contribution is -0.127. The van der Waals surface area contributed by atoms with E-state index in [-0.39, 0.29) is 17.4 Å². The molecular weight excluding hydrogens is 240 g/mol. The molecule has 1 N–H and O–H groups in total. The van der Waals surface area contributed by atoms with Crippen molar-refractivity contribution in [2.75, 3.05) is 11.9 Å². The third kappa shape index (κ3) is 2.04. The average Bonchev–Trinajstić information content (AvgIpc) is 2.93. The molecule has 0 bridgehead atoms. The first kappa shape index (κ1) is 12.6. The lowest BCUT2D eigenvalue weighted by Gasteiger charge is -2.26. The number of aromatic nitrogens is 1. The van der Waals surface area contributed by atoms with Crippen LogP contribution in [-0.2, 0) is 9.53 Å². The molecular formula is C15H20N2O2. The minimum absolute atomic E-state index is 0.109. The van der Waals surface area contributed by atoms with Crippen molar-refractivity contribution in [1.29, 1.82) is 0 Å². The second-order valence-corrected chi connectivity index (χ2v) is 5.74. The molecule has 2 aliphatic rings. The van der Waals surface area contributed by atoms with Crippen LogP contribution >= 0.6 is 0 Å². The molecule has 2 heterocycles. The van der Waals surface area contributed by atoms with Crippen LogP contribution < -0.4 is 5.32 Å². The Kier molecular flexibility index (Phi) is 3.05. The maximum Gasteiger partial charge on any atom is 0.233 e. The number of nitrogens with one attached hydrogen (secondary N) is 1. The minimum atomic E-state index is -0.293. The van der Waals surface area contributed by atoms with Gasteiger partial charge < -0.3 is 10.1 Å². The Morgan fingerprint density at radius 3 is 3.11 bits per heavy atom. The van der Waals surface area contributed by atoms with E-state index in [4.69, 9.17) is 4.74 Å². The molecule has 0 aromatic carbocycles. The van der Waals surface area contributed by atoms with E-state index in [9.17, 15) is 4.79 Å². The summed E-state index contributed by atoms with van der Waals surface area (Å²) in [4.78, 5) is 16.9. The molecule has 0 spiro atoms. The van der Waals surface area contributed by atoms with Crippen molar-refractivity contribution in [3.05, 3.63) is 23.5 Å². The molecule has 2 atom stereocenters. The van der Waals surface area contributed by atoms with Gasteiger partial charge in [-0.15, -0.1) is 0 Å². The molecule has 1 saturated heterocycles. The molecule has 4 heteroatoms. The van der Waals surface area contributed by atoms with Crippen LogP contribution in [-0.4, -0.2) is 23.6 Å². The summed E-state index contributed by atoms with van der Waals surface area (Å²) >= 11 is 0. The average molecular weight is 260 g/mol. The summed E-state index contributed by atoms with van der Waals surface area (Å²) in [6.07, 6.45) is 5.74. The van der Waals surface area contributed by atoms with Gasteiger partial charge in [-0.2, -0.15) is 0 Å². The first-order valence-corrected chi connectivity index (χ1v) is 6.98. The SMILES string of the molecule is Cc1cc(NC(=O)[C@]23CCC[C@H]2OCC3)cnc1C. The summed E-state index contributed by atoms with van der Waals surface area (Å²) in [7, 11) is 0. The van der Waals surface area contributed by atoms with E-state index in [0.29, 0.717) is 6.61 Å². The number of nitrogens with zero attached hydrogens (tertiary/aromatic N) is 1. The zero-order valence-electron chi connectivity index (χ0n) is 11.5. The van der Waals surface area contributed by atoms with Crippen molar-refractivity contribution in [3.8, 4) is 0 Å². The van der Waals surface area contributed by atoms with Gasteiger partial charge in [0.2, 0.25) is 5.91 Å². The van der Waals surface area contributed by atoms with Crippen molar-refractivity contribution in [1.82, 2.24) is 4.98 Å². The van der Waals surface area contributed by atoms with Gasteiger partial charge in [-0.05, 0) is 51.2 Å². The van der Waals surface area contributed by atoms with E-state index in [1.807, 2.05) is 19.9 Å². The first-order valence-electron chi connectivity index (χ1n) is 6.98. The van der Waals surface area contributed by atoms with E-state index in [2.05, 4.69) is 10.3 Å². The summed E-state index contributed by atoms with van der Waals surface area (Å²) in [5, 5.41) is 3.03. The van der Waals surface area contributed by atoms with E-state index < -0.39 is 0 Å². The standard InChI is InChI=1S/C15H20N2O2/c1-10-8-12(9-16-11(10)2)17-14(18)15-5-3-4-13(15)19-7-6-15/h8-9,13H,3-7H2,1-2H3,(H,17,18)/t13-,15+/m1/s1. The normalized spacial score (nSPS) is 29.3. The highest BCUT2D eigenvalue weighted by Crippen LogP contribution is 2.48. The van der Waals surface area contributed by atoms with Crippen molar-refractivity contribution in [2.24, 2.45) is 5.41 Å². The number of ether oxygens (including phenoxy) is 1. The first-order chi connectivity index (χ1) is 9.12. The number of rotatable bonds is 2. The summed E-state index contributed by atoms with van der Waals surface area (Å²) in [5.41, 5.74) is 2.60. The highest BCUT2D eigenvalue weighted by atomic mass is 16.5. The van der Waals surface area contributed by atoms with Crippen LogP contribution in [0.25, 0.3) is 0 Å². The van der Waals surface area contributed by atoms with Crippen LogP contribution in [0.2, 0.25) is 0 Å². The van der Waals surface area contributed by atoms with Gasteiger partial charge in [-0.3, -0.25) is 9.78 Å². The number of hydrogen-bond donors (Lipinski definition) is 1. The van der Waals surface area contributed by atoms with Crippen LogP contribution in [0, 0.1) is 19.3 Å². The van der Waals surface area contributed by atoms with Crippen LogP contribution in [0.15, 0.2) is 12.3 Å². The summed E-state index contributed by atoms with van der Waals surface area (Å²) in [5.74, 6) is 0.109. The van der Waals surface area contributed by atoms with Gasteiger partial charge in [0.15, 0.2) is 0 Å². The smallest absolute Gasteiger partial charge is 0.233 e. The molecule has 1 saturated carbocycles. The Morgan fingerprint density at radius 2 is 2.32 bits per heavy atom. The van der Waals surface area contributed by atoms with Crippen LogP contribution in [0.4, 0.5) is 5.69 Å². The predicted octanol–water partition coefficient (Wildman–Crippen LogP) is 2.60. The lowest BCUT2D eigenvalue weighted by atomic mass is 9.82. The fourth-order valence-corrected chi connectivity index (χ4v) is 3.29. The van der Waals surface area contributed by atoms with Crippen molar-refractivity contribution in [3.63, 3.8) is 0 Å². The molecule has 1 amide bonds. The topological polar surface area (TPSA) is 51.2 Å². The third-order valence-corrected chi connectivity index (χ3v) is 4.62. The number of carbonyl (C=O) groups is 1. The molecule has 1 aromatic rings. The second-order valence-electron chi connectivity index (χ2n) is 5.74. The number of fused-ring (bicyclic) bond motifs is 1. The van der Waals surface area contributed by atoms with E-state index >= 15 is 0 Å². The number of hydrogen-bond acceptors (Lipinski definition) is 3. The highest BCUT2D eigenvalue weighted by Gasteiger charge is 2.52. The summed E-state index contributed by atoms with van der Waals surface area (Å²) in [6, 6.07) is 1.98. The number of carbonyl (C=O) groups excluding carboxylic acids is 1. The van der Waals surface area contributed by atoms with Crippen LogP contribution in [0.5, 0.6) is 0 Å². The Bertz CT molecular complexity index is 503. The van der Waals surface area contributed by atoms with Gasteiger partial charge >= 0.3 is 0 Å². The quantitative estimate of drug-likeness (QED) is 0.889. The monoisotopic (exact) mass is 260 g/mol. The molecule has 1 aliphatic heterocycles. The maximum absolute atomic E-state index is 12.6. The number of anilines is 1. The van der Waals surface area contributed by atoms with Gasteiger partial charge in [-0.25, -0.2) is 0 Å². The van der Waals surface area contributed by atoms with Crippen LogP contribution in [0.1, 0.15) is 36.9 Å². The molecule has 3 rings (SSSR count). The number of pyridine rings is 1. The van der Waals surface area contributed by atoms with Gasteiger partial charge in [0, 0.05) is 12.3 Å². The summed E-state index contributed by atoms with van der Waals surface area (Å²) in [6.45, 7) is 4.69. The summed E-state index contributed by atoms with van der Waals surface area (Å²) < 4.78 is 5.71. The third-order valence-electron chi connectivity index (χ3n) is 4.62. The Labute approximate surface area is 113 Å². The van der Waals surface area contributed by atoms with E-state index in [0.717, 1.165) is 42.6 Å². The molecule has 0 unspecified atom stereocenters. The number of amides is 1. The largest absolute Gasteiger partial charge is 0.377 e.